The van der Waals surface area contributed by atoms with Crippen LogP contribution in [0.25, 0.3) is 10.8 Å². The van der Waals surface area contributed by atoms with E-state index in [9.17, 15) is 14.7 Å². The topological polar surface area (TPSA) is 88.5 Å². The fourth-order valence-corrected chi connectivity index (χ4v) is 5.03. The first-order valence-electron chi connectivity index (χ1n) is 13.3. The Morgan fingerprint density at radius 2 is 1.68 bits per heavy atom. The highest BCUT2D eigenvalue weighted by Gasteiger charge is 2.33. The van der Waals surface area contributed by atoms with Gasteiger partial charge < -0.3 is 15.2 Å². The summed E-state index contributed by atoms with van der Waals surface area (Å²) in [5, 5.41) is 14.2. The summed E-state index contributed by atoms with van der Waals surface area (Å²) >= 11 is 0. The number of aromatic nitrogens is 1. The maximum atomic E-state index is 13.2. The molecule has 0 bridgehead atoms. The molecular weight excluding hydrogens is 464 g/mol. The molecule has 1 saturated carbocycles. The fourth-order valence-electron chi connectivity index (χ4n) is 5.03. The largest absolute Gasteiger partial charge is 0.480 e. The van der Waals surface area contributed by atoms with Crippen LogP contribution in [-0.4, -0.2) is 28.0 Å². The number of rotatable bonds is 8. The molecule has 37 heavy (non-hydrogen) atoms. The van der Waals surface area contributed by atoms with Crippen molar-refractivity contribution in [3.8, 4) is 11.5 Å². The third-order valence-corrected chi connectivity index (χ3v) is 7.24. The van der Waals surface area contributed by atoms with Crippen molar-refractivity contribution < 1.29 is 19.4 Å². The van der Waals surface area contributed by atoms with Gasteiger partial charge in [0.15, 0.2) is 0 Å². The molecule has 1 fully saturated rings. The third kappa shape index (κ3) is 6.48. The van der Waals surface area contributed by atoms with Crippen molar-refractivity contribution >= 4 is 22.6 Å². The van der Waals surface area contributed by atoms with E-state index < -0.39 is 23.3 Å². The van der Waals surface area contributed by atoms with E-state index in [0.29, 0.717) is 11.8 Å². The van der Waals surface area contributed by atoms with E-state index in [1.807, 2.05) is 30.3 Å². The number of fused-ring (bicyclic) bond motifs is 1. The van der Waals surface area contributed by atoms with Crippen LogP contribution in [0.2, 0.25) is 0 Å². The first-order valence-corrected chi connectivity index (χ1v) is 13.3. The van der Waals surface area contributed by atoms with Gasteiger partial charge in [-0.1, -0.05) is 78.5 Å². The van der Waals surface area contributed by atoms with Gasteiger partial charge in [0, 0.05) is 11.1 Å². The maximum Gasteiger partial charge on any atom is 0.326 e. The number of carbonyl (C=O) groups excluding carboxylic acids is 1. The number of hydrogen-bond donors (Lipinski definition) is 2. The molecule has 0 saturated heterocycles. The molecule has 6 nitrogen and oxygen atoms in total. The van der Waals surface area contributed by atoms with E-state index in [-0.39, 0.29) is 5.69 Å². The molecule has 3 aromatic rings. The van der Waals surface area contributed by atoms with Crippen LogP contribution in [0.4, 0.5) is 0 Å². The summed E-state index contributed by atoms with van der Waals surface area (Å²) in [4.78, 5) is 29.8. The van der Waals surface area contributed by atoms with Crippen LogP contribution in [0.5, 0.6) is 11.5 Å². The zero-order valence-electron chi connectivity index (χ0n) is 22.5. The lowest BCUT2D eigenvalue weighted by Crippen LogP contribution is -2.49. The number of benzene rings is 2. The molecule has 4 rings (SSSR count). The SMILES string of the molecule is CC(C)c1ccc(Oc2ccc3cc(C(=O)N[C@H](C(=O)O)C(C)(C)C)nc(CC4CCCC4)c3c2)cc1. The van der Waals surface area contributed by atoms with Gasteiger partial charge in [-0.25, -0.2) is 9.78 Å². The number of hydrogen-bond acceptors (Lipinski definition) is 4. The van der Waals surface area contributed by atoms with Crippen molar-refractivity contribution in [2.24, 2.45) is 11.3 Å². The van der Waals surface area contributed by atoms with Crippen LogP contribution in [0.1, 0.15) is 88.0 Å². The van der Waals surface area contributed by atoms with Crippen LogP contribution >= 0.6 is 0 Å². The van der Waals surface area contributed by atoms with Crippen LogP contribution in [0.3, 0.4) is 0 Å². The monoisotopic (exact) mass is 502 g/mol. The fraction of sp³-hybridized carbons (Fsp3) is 0.452. The summed E-state index contributed by atoms with van der Waals surface area (Å²) < 4.78 is 6.17. The van der Waals surface area contributed by atoms with Crippen molar-refractivity contribution in [1.82, 2.24) is 10.3 Å². The second-order valence-electron chi connectivity index (χ2n) is 11.6. The highest BCUT2D eigenvalue weighted by molar-refractivity contribution is 5.99. The summed E-state index contributed by atoms with van der Waals surface area (Å²) in [5.74, 6) is 0.948. The first kappa shape index (κ1) is 26.6. The molecule has 196 valence electrons. The lowest BCUT2D eigenvalue weighted by atomic mass is 9.86. The summed E-state index contributed by atoms with van der Waals surface area (Å²) in [6, 6.07) is 14.7. The molecule has 1 atom stereocenters. The number of ether oxygens (including phenoxy) is 1. The van der Waals surface area contributed by atoms with E-state index in [2.05, 4.69) is 31.3 Å². The van der Waals surface area contributed by atoms with E-state index in [4.69, 9.17) is 9.72 Å². The van der Waals surface area contributed by atoms with Crippen molar-refractivity contribution in [3.63, 3.8) is 0 Å². The molecule has 0 aliphatic heterocycles. The van der Waals surface area contributed by atoms with Gasteiger partial charge in [0.05, 0.1) is 0 Å². The number of carbonyl (C=O) groups is 2. The Kier molecular flexibility index (Phi) is 7.86. The van der Waals surface area contributed by atoms with Gasteiger partial charge in [-0.15, -0.1) is 0 Å². The van der Waals surface area contributed by atoms with Crippen LogP contribution in [-0.2, 0) is 11.2 Å². The predicted molar refractivity (Wildman–Crippen MR) is 146 cm³/mol. The molecular formula is C31H38N2O4. The summed E-state index contributed by atoms with van der Waals surface area (Å²) in [6.45, 7) is 9.71. The zero-order chi connectivity index (χ0) is 26.7. The van der Waals surface area contributed by atoms with Crippen LogP contribution < -0.4 is 10.1 Å². The highest BCUT2D eigenvalue weighted by atomic mass is 16.5. The van der Waals surface area contributed by atoms with Gasteiger partial charge >= 0.3 is 5.97 Å². The van der Waals surface area contributed by atoms with E-state index in [0.717, 1.165) is 47.2 Å². The average molecular weight is 503 g/mol. The molecule has 1 aliphatic carbocycles. The number of carboxylic acids is 1. The van der Waals surface area contributed by atoms with Gasteiger partial charge in [-0.05, 0) is 65.0 Å². The molecule has 2 aromatic carbocycles. The Bertz CT molecular complexity index is 1270. The van der Waals surface area contributed by atoms with E-state index in [1.54, 1.807) is 26.8 Å². The van der Waals surface area contributed by atoms with E-state index in [1.165, 1.54) is 18.4 Å². The van der Waals surface area contributed by atoms with Crippen LogP contribution in [0.15, 0.2) is 48.5 Å². The van der Waals surface area contributed by atoms with Gasteiger partial charge in [-0.3, -0.25) is 4.79 Å². The Labute approximate surface area is 219 Å². The van der Waals surface area contributed by atoms with Crippen LogP contribution in [0, 0.1) is 11.3 Å². The minimum Gasteiger partial charge on any atom is -0.480 e. The smallest absolute Gasteiger partial charge is 0.326 e. The minimum atomic E-state index is -1.06. The Hall–Kier alpha value is -3.41. The van der Waals surface area contributed by atoms with Gasteiger partial charge in [0.1, 0.15) is 23.2 Å². The average Bonchev–Trinajstić information content (AvgIpc) is 3.35. The number of nitrogens with one attached hydrogen (secondary N) is 1. The standard InChI is InChI=1S/C31H38N2O4/c1-19(2)21-10-13-23(14-11-21)37-24-15-12-22-17-27(29(34)33-28(30(35)36)31(3,4)5)32-26(25(22)18-24)16-20-8-6-7-9-20/h10-15,17-20,28H,6-9,16H2,1-5H3,(H,33,34)(H,35,36)/t28-/m1/s1. The van der Waals surface area contributed by atoms with Gasteiger partial charge in [0.25, 0.3) is 5.91 Å². The minimum absolute atomic E-state index is 0.244. The number of carboxylic acid groups (broad SMARTS) is 1. The predicted octanol–water partition coefficient (Wildman–Crippen LogP) is 7.11. The maximum absolute atomic E-state index is 13.2. The lowest BCUT2D eigenvalue weighted by molar-refractivity contribution is -0.142. The van der Waals surface area contributed by atoms with Crippen molar-refractivity contribution in [2.45, 2.75) is 78.7 Å². The Balaban J connectivity index is 1.67. The molecule has 1 heterocycles. The number of amides is 1. The van der Waals surface area contributed by atoms with Crippen molar-refractivity contribution in [3.05, 3.63) is 65.5 Å². The Morgan fingerprint density at radius 3 is 2.27 bits per heavy atom. The molecule has 0 unspecified atom stereocenters. The molecule has 2 N–H and O–H groups in total. The number of pyridine rings is 1. The second-order valence-corrected chi connectivity index (χ2v) is 11.6. The normalized spacial score (nSPS) is 15.2. The summed E-state index contributed by atoms with van der Waals surface area (Å²) in [5.41, 5.74) is 1.73. The third-order valence-electron chi connectivity index (χ3n) is 7.24. The molecule has 1 aliphatic rings. The zero-order valence-corrected chi connectivity index (χ0v) is 22.5. The summed E-state index contributed by atoms with van der Waals surface area (Å²) in [6.07, 6.45) is 5.53. The van der Waals surface area contributed by atoms with Gasteiger partial charge in [0.2, 0.25) is 0 Å². The highest BCUT2D eigenvalue weighted by Crippen LogP contribution is 2.33. The van der Waals surface area contributed by atoms with E-state index >= 15 is 0 Å². The molecule has 6 heteroatoms. The number of aliphatic carboxylic acids is 1. The van der Waals surface area contributed by atoms with Crippen molar-refractivity contribution in [1.29, 1.82) is 0 Å². The second kappa shape index (κ2) is 10.9. The first-order chi connectivity index (χ1) is 17.5. The number of nitrogens with zero attached hydrogens (tertiary/aromatic N) is 1. The lowest BCUT2D eigenvalue weighted by Gasteiger charge is -2.27. The molecule has 0 radical (unpaired) electrons. The Morgan fingerprint density at radius 1 is 1.03 bits per heavy atom. The summed E-state index contributed by atoms with van der Waals surface area (Å²) in [7, 11) is 0. The molecule has 1 amide bonds. The molecule has 1 aromatic heterocycles. The van der Waals surface area contributed by atoms with Crippen molar-refractivity contribution in [2.75, 3.05) is 0 Å². The molecule has 0 spiro atoms. The quantitative estimate of drug-likeness (QED) is 0.343. The van der Waals surface area contributed by atoms with Gasteiger partial charge in [-0.2, -0.15) is 0 Å².